The molecule has 1 aliphatic rings. The smallest absolute Gasteiger partial charge is 0.251 e. The van der Waals surface area contributed by atoms with Crippen molar-refractivity contribution in [3.8, 4) is 0 Å². The molecule has 1 amide bonds. The zero-order valence-electron chi connectivity index (χ0n) is 11.0. The van der Waals surface area contributed by atoms with E-state index in [0.29, 0.717) is 12.1 Å². The average molecular weight is 282 g/mol. The number of benzene rings is 1. The highest BCUT2D eigenvalue weighted by Crippen LogP contribution is 2.39. The molecule has 1 aromatic carbocycles. The first-order valence-corrected chi connectivity index (χ1v) is 7.67. The normalized spacial score (nSPS) is 17.4. The van der Waals surface area contributed by atoms with Gasteiger partial charge in [-0.1, -0.05) is 12.8 Å². The molecule has 1 aromatic rings. The summed E-state index contributed by atoms with van der Waals surface area (Å²) in [7, 11) is 0. The van der Waals surface area contributed by atoms with Crippen molar-refractivity contribution < 1.29 is 9.18 Å². The minimum absolute atomic E-state index is 0.0629. The molecule has 0 aromatic heterocycles. The van der Waals surface area contributed by atoms with Gasteiger partial charge in [0.25, 0.3) is 5.91 Å². The van der Waals surface area contributed by atoms with Crippen molar-refractivity contribution in [3.63, 3.8) is 0 Å². The summed E-state index contributed by atoms with van der Waals surface area (Å²) in [6.45, 7) is 0.638. The Kier molecular flexibility index (Phi) is 4.34. The molecule has 5 heteroatoms. The zero-order chi connectivity index (χ0) is 13.9. The van der Waals surface area contributed by atoms with E-state index in [1.807, 2.05) is 11.8 Å². The first-order chi connectivity index (χ1) is 9.06. The van der Waals surface area contributed by atoms with Gasteiger partial charge in [-0.25, -0.2) is 4.39 Å². The monoisotopic (exact) mass is 282 g/mol. The summed E-state index contributed by atoms with van der Waals surface area (Å²) >= 11 is 1.81. The summed E-state index contributed by atoms with van der Waals surface area (Å²) in [5.41, 5.74) is 5.78. The van der Waals surface area contributed by atoms with Gasteiger partial charge in [0.2, 0.25) is 0 Å². The molecule has 0 heterocycles. The average Bonchev–Trinajstić information content (AvgIpc) is 2.89. The predicted octanol–water partition coefficient (Wildman–Crippen LogP) is 2.81. The van der Waals surface area contributed by atoms with E-state index in [0.717, 1.165) is 12.8 Å². The minimum Gasteiger partial charge on any atom is -0.396 e. The van der Waals surface area contributed by atoms with Gasteiger partial charge in [-0.3, -0.25) is 4.79 Å². The summed E-state index contributed by atoms with van der Waals surface area (Å²) in [6.07, 6.45) is 6.77. The van der Waals surface area contributed by atoms with E-state index in [2.05, 4.69) is 11.6 Å². The maximum absolute atomic E-state index is 13.3. The van der Waals surface area contributed by atoms with Gasteiger partial charge in [0.05, 0.1) is 5.69 Å². The molecule has 0 aliphatic heterocycles. The third-order valence-corrected chi connectivity index (χ3v) is 5.20. The maximum atomic E-state index is 13.3. The number of thioether (sulfide) groups is 1. The number of hydrogen-bond donors (Lipinski definition) is 2. The molecular weight excluding hydrogens is 263 g/mol. The second kappa shape index (κ2) is 5.82. The van der Waals surface area contributed by atoms with Crippen LogP contribution in [-0.4, -0.2) is 23.5 Å². The maximum Gasteiger partial charge on any atom is 0.251 e. The van der Waals surface area contributed by atoms with Gasteiger partial charge in [-0.15, -0.1) is 0 Å². The summed E-state index contributed by atoms with van der Waals surface area (Å²) in [4.78, 5) is 12.0. The highest BCUT2D eigenvalue weighted by atomic mass is 32.2. The number of carbonyl (C=O) groups excluding carboxylic acids is 1. The van der Waals surface area contributed by atoms with Crippen molar-refractivity contribution in [1.82, 2.24) is 5.32 Å². The number of nitrogens with one attached hydrogen (secondary N) is 1. The Morgan fingerprint density at radius 2 is 2.16 bits per heavy atom. The molecule has 0 saturated heterocycles. The number of carbonyl (C=O) groups is 1. The Labute approximate surface area is 117 Å². The summed E-state index contributed by atoms with van der Waals surface area (Å²) in [5, 5.41) is 2.91. The van der Waals surface area contributed by atoms with Crippen LogP contribution in [0.5, 0.6) is 0 Å². The molecule has 3 nitrogen and oxygen atoms in total. The molecule has 3 N–H and O–H groups in total. The topological polar surface area (TPSA) is 55.1 Å². The Morgan fingerprint density at radius 1 is 1.47 bits per heavy atom. The fourth-order valence-electron chi connectivity index (χ4n) is 2.48. The van der Waals surface area contributed by atoms with Gasteiger partial charge >= 0.3 is 0 Å². The number of anilines is 1. The van der Waals surface area contributed by atoms with E-state index in [4.69, 9.17) is 5.73 Å². The fraction of sp³-hybridized carbons (Fsp3) is 0.500. The van der Waals surface area contributed by atoms with E-state index in [1.54, 1.807) is 6.07 Å². The lowest BCUT2D eigenvalue weighted by Crippen LogP contribution is -2.38. The van der Waals surface area contributed by atoms with E-state index in [9.17, 15) is 9.18 Å². The van der Waals surface area contributed by atoms with E-state index < -0.39 is 5.82 Å². The number of nitrogen functional groups attached to an aromatic ring is 1. The van der Waals surface area contributed by atoms with Crippen molar-refractivity contribution in [1.29, 1.82) is 0 Å². The quantitative estimate of drug-likeness (QED) is 0.835. The molecule has 0 radical (unpaired) electrons. The lowest BCUT2D eigenvalue weighted by Gasteiger charge is -2.26. The molecule has 104 valence electrons. The predicted molar refractivity (Wildman–Crippen MR) is 77.9 cm³/mol. The summed E-state index contributed by atoms with van der Waals surface area (Å²) < 4.78 is 13.5. The number of halogens is 1. The van der Waals surface area contributed by atoms with Gasteiger partial charge in [0.15, 0.2) is 0 Å². The summed E-state index contributed by atoms with van der Waals surface area (Å²) in [5.74, 6) is -0.785. The van der Waals surface area contributed by atoms with Crippen molar-refractivity contribution in [2.24, 2.45) is 0 Å². The number of rotatable bonds is 4. The van der Waals surface area contributed by atoms with Gasteiger partial charge < -0.3 is 11.1 Å². The minimum atomic E-state index is -0.548. The fourth-order valence-corrected chi connectivity index (χ4v) is 3.40. The second-order valence-electron chi connectivity index (χ2n) is 5.01. The molecule has 0 spiro atoms. The van der Waals surface area contributed by atoms with Crippen LogP contribution in [0.25, 0.3) is 0 Å². The third kappa shape index (κ3) is 3.21. The number of nitrogens with two attached hydrogens (primary N) is 1. The highest BCUT2D eigenvalue weighted by molar-refractivity contribution is 8.00. The molecule has 0 atom stereocenters. The lowest BCUT2D eigenvalue weighted by atomic mass is 10.1. The molecule has 1 saturated carbocycles. The van der Waals surface area contributed by atoms with Crippen molar-refractivity contribution >= 4 is 23.4 Å². The Bertz CT molecular complexity index is 473. The van der Waals surface area contributed by atoms with E-state index >= 15 is 0 Å². The molecule has 1 fully saturated rings. The van der Waals surface area contributed by atoms with Gasteiger partial charge in [-0.05, 0) is 37.3 Å². The molecule has 1 aliphatic carbocycles. The van der Waals surface area contributed by atoms with Crippen LogP contribution in [0, 0.1) is 5.82 Å². The second-order valence-corrected chi connectivity index (χ2v) is 6.29. The molecule has 0 unspecified atom stereocenters. The van der Waals surface area contributed by atoms with Crippen molar-refractivity contribution in [2.75, 3.05) is 18.5 Å². The van der Waals surface area contributed by atoms with Crippen LogP contribution >= 0.6 is 11.8 Å². The van der Waals surface area contributed by atoms with Crippen LogP contribution in [0.3, 0.4) is 0 Å². The molecular formula is C14H19FN2OS. The first-order valence-electron chi connectivity index (χ1n) is 6.45. The first kappa shape index (κ1) is 14.2. The largest absolute Gasteiger partial charge is 0.396 e. The standard InChI is InChI=1S/C14H19FN2OS/c1-19-14(6-2-3-7-14)9-17-13(18)10-4-5-12(16)11(15)8-10/h4-5,8H,2-3,6-7,9,16H2,1H3,(H,17,18). The third-order valence-electron chi connectivity index (χ3n) is 3.78. The van der Waals surface area contributed by atoms with Gasteiger partial charge in [-0.2, -0.15) is 11.8 Å². The molecule has 2 rings (SSSR count). The Morgan fingerprint density at radius 3 is 2.74 bits per heavy atom. The van der Waals surface area contributed by atoms with Gasteiger partial charge in [0.1, 0.15) is 5.82 Å². The van der Waals surface area contributed by atoms with Crippen molar-refractivity contribution in [2.45, 2.75) is 30.4 Å². The van der Waals surface area contributed by atoms with Gasteiger partial charge in [0, 0.05) is 16.9 Å². The lowest BCUT2D eigenvalue weighted by molar-refractivity contribution is 0.0949. The molecule has 19 heavy (non-hydrogen) atoms. The van der Waals surface area contributed by atoms with Crippen LogP contribution in [0.1, 0.15) is 36.0 Å². The van der Waals surface area contributed by atoms with Crippen LogP contribution in [0.4, 0.5) is 10.1 Å². The summed E-state index contributed by atoms with van der Waals surface area (Å²) in [6, 6.07) is 4.16. The Balaban J connectivity index is 1.99. The van der Waals surface area contributed by atoms with Crippen LogP contribution in [0.15, 0.2) is 18.2 Å². The van der Waals surface area contributed by atoms with Crippen LogP contribution < -0.4 is 11.1 Å². The van der Waals surface area contributed by atoms with Crippen molar-refractivity contribution in [3.05, 3.63) is 29.6 Å². The van der Waals surface area contributed by atoms with Crippen LogP contribution in [0.2, 0.25) is 0 Å². The molecule has 0 bridgehead atoms. The van der Waals surface area contributed by atoms with Crippen LogP contribution in [-0.2, 0) is 0 Å². The SMILES string of the molecule is CSC1(CNC(=O)c2ccc(N)c(F)c2)CCCC1. The number of hydrogen-bond acceptors (Lipinski definition) is 3. The Hall–Kier alpha value is -1.23. The highest BCUT2D eigenvalue weighted by Gasteiger charge is 2.33. The van der Waals surface area contributed by atoms with E-state index in [-0.39, 0.29) is 16.3 Å². The number of amides is 1. The zero-order valence-corrected chi connectivity index (χ0v) is 11.9. The van der Waals surface area contributed by atoms with E-state index in [1.165, 1.54) is 25.0 Å².